The van der Waals surface area contributed by atoms with Crippen LogP contribution in [0, 0.1) is 0 Å². The highest BCUT2D eigenvalue weighted by atomic mass is 16.6. The third-order valence-corrected chi connectivity index (χ3v) is 0.353. The molecule has 0 fully saturated rings. The fourth-order valence-corrected chi connectivity index (χ4v) is 0.0500. The number of Topliss-reactive ketones (excluding diaryl/α,β-unsaturated/α-hetero) is 1. The molecule has 0 aliphatic rings. The molecule has 0 bridgehead atoms. The van der Waals surface area contributed by atoms with Crippen LogP contribution in [-0.4, -0.2) is 45.6 Å². The van der Waals surface area contributed by atoms with Gasteiger partial charge in [-0.3, -0.25) is 4.79 Å². The minimum Gasteiger partial charge on any atom is -0.450 e. The first-order chi connectivity index (χ1) is 4.54. The Hall–Kier alpha value is -1.14. The monoisotopic (exact) mass is 152 g/mol. The van der Waals surface area contributed by atoms with E-state index in [9.17, 15) is 4.79 Å². The molecule has 0 spiro atoms. The molecule has 0 aromatic carbocycles. The van der Waals surface area contributed by atoms with Crippen LogP contribution in [0.15, 0.2) is 0 Å². The Morgan fingerprint density at radius 3 is 1.20 bits per heavy atom. The summed E-state index contributed by atoms with van der Waals surface area (Å²) in [5.41, 5.74) is 0. The first-order valence-corrected chi connectivity index (χ1v) is 2.20. The summed E-state index contributed by atoms with van der Waals surface area (Å²) < 4.78 is 0. The second-order valence-corrected chi connectivity index (χ2v) is 1.14. The molecular weight excluding hydrogens is 144 g/mol. The van der Waals surface area contributed by atoms with Gasteiger partial charge in [0.2, 0.25) is 0 Å². The second kappa shape index (κ2) is 7.86. The summed E-state index contributed by atoms with van der Waals surface area (Å²) in [5, 5.41) is 29.6. The van der Waals surface area contributed by atoms with E-state index >= 15 is 0 Å². The molecule has 0 heterocycles. The van der Waals surface area contributed by atoms with Crippen LogP contribution < -0.4 is 0 Å². The van der Waals surface area contributed by atoms with E-state index in [1.54, 1.807) is 0 Å². The van der Waals surface area contributed by atoms with Crippen molar-refractivity contribution in [2.24, 2.45) is 0 Å². The molecule has 0 aromatic rings. The molecule has 0 aromatic heterocycles. The largest absolute Gasteiger partial charge is 0.503 e. The van der Waals surface area contributed by atoms with Crippen molar-refractivity contribution in [3.05, 3.63) is 0 Å². The first-order valence-electron chi connectivity index (χ1n) is 2.20. The van der Waals surface area contributed by atoms with Gasteiger partial charge in [0.25, 0.3) is 0 Å². The van der Waals surface area contributed by atoms with Crippen LogP contribution in [-0.2, 0) is 4.79 Å². The molecule has 10 heavy (non-hydrogen) atoms. The summed E-state index contributed by atoms with van der Waals surface area (Å²) in [4.78, 5) is 18.2. The number of hydrogen-bond donors (Lipinski definition) is 4. The molecule has 0 amide bonds. The molecule has 0 radical (unpaired) electrons. The summed E-state index contributed by atoms with van der Waals surface area (Å²) in [5.74, 6) is -0.546. The van der Waals surface area contributed by atoms with Crippen LogP contribution in [0.5, 0.6) is 0 Å². The van der Waals surface area contributed by atoms with Crippen LogP contribution in [0.4, 0.5) is 4.79 Å². The third-order valence-electron chi connectivity index (χ3n) is 0.353. The number of aliphatic hydroxyl groups excluding tert-OH is 2. The van der Waals surface area contributed by atoms with Crippen LogP contribution >= 0.6 is 0 Å². The lowest BCUT2D eigenvalue weighted by Gasteiger charge is -1.81. The van der Waals surface area contributed by atoms with Gasteiger partial charge in [0.1, 0.15) is 13.2 Å². The molecular formula is C4H8O6. The summed E-state index contributed by atoms with van der Waals surface area (Å²) in [6.45, 7) is -1.12. The Morgan fingerprint density at radius 2 is 1.20 bits per heavy atom. The van der Waals surface area contributed by atoms with Gasteiger partial charge in [-0.1, -0.05) is 0 Å². The predicted octanol–water partition coefficient (Wildman–Crippen LogP) is -1.24. The van der Waals surface area contributed by atoms with Crippen LogP contribution in [0.3, 0.4) is 0 Å². The fraction of sp³-hybridized carbons (Fsp3) is 0.500. The number of rotatable bonds is 2. The standard InChI is InChI=1S/C3H6O3.CH2O3/c4-1-3(6)2-5;2-1(3)4/h4-5H,1-2H2;(H2,2,3,4). The average molecular weight is 152 g/mol. The number of aliphatic hydroxyl groups is 2. The summed E-state index contributed by atoms with van der Waals surface area (Å²) in [6.07, 6.45) is -1.83. The number of carboxylic acid groups (broad SMARTS) is 2. The van der Waals surface area contributed by atoms with Gasteiger partial charge in [-0.2, -0.15) is 0 Å². The van der Waals surface area contributed by atoms with Crippen molar-refractivity contribution in [1.82, 2.24) is 0 Å². The third kappa shape index (κ3) is 28.8. The highest BCUT2D eigenvalue weighted by Gasteiger charge is 1.89. The lowest BCUT2D eigenvalue weighted by atomic mass is 10.5. The molecule has 0 saturated heterocycles. The van der Waals surface area contributed by atoms with E-state index in [0.29, 0.717) is 0 Å². The lowest BCUT2D eigenvalue weighted by molar-refractivity contribution is -0.124. The second-order valence-electron chi connectivity index (χ2n) is 1.14. The maximum absolute atomic E-state index is 9.68. The van der Waals surface area contributed by atoms with E-state index in [1.807, 2.05) is 0 Å². The van der Waals surface area contributed by atoms with E-state index < -0.39 is 25.2 Å². The van der Waals surface area contributed by atoms with Crippen molar-refractivity contribution in [3.63, 3.8) is 0 Å². The number of carbonyl (C=O) groups excluding carboxylic acids is 1. The van der Waals surface area contributed by atoms with E-state index in [2.05, 4.69) is 0 Å². The van der Waals surface area contributed by atoms with Gasteiger partial charge in [-0.25, -0.2) is 4.79 Å². The van der Waals surface area contributed by atoms with E-state index in [-0.39, 0.29) is 0 Å². The maximum Gasteiger partial charge on any atom is 0.503 e. The molecule has 60 valence electrons. The van der Waals surface area contributed by atoms with Gasteiger partial charge >= 0.3 is 6.16 Å². The van der Waals surface area contributed by atoms with E-state index in [1.165, 1.54) is 0 Å². The number of ketones is 1. The Morgan fingerprint density at radius 1 is 1.00 bits per heavy atom. The highest BCUT2D eigenvalue weighted by Crippen LogP contribution is 1.59. The zero-order chi connectivity index (χ0) is 8.57. The number of carbonyl (C=O) groups is 2. The van der Waals surface area contributed by atoms with Crippen molar-refractivity contribution >= 4 is 11.9 Å². The molecule has 4 N–H and O–H groups in total. The smallest absolute Gasteiger partial charge is 0.450 e. The van der Waals surface area contributed by atoms with Gasteiger partial charge in [-0.15, -0.1) is 0 Å². The molecule has 0 unspecified atom stereocenters. The van der Waals surface area contributed by atoms with Crippen LogP contribution in [0.25, 0.3) is 0 Å². The highest BCUT2D eigenvalue weighted by molar-refractivity contribution is 5.80. The SMILES string of the molecule is O=C(CO)CO.O=C(O)O. The predicted molar refractivity (Wildman–Crippen MR) is 29.8 cm³/mol. The van der Waals surface area contributed by atoms with Crippen LogP contribution in [0.1, 0.15) is 0 Å². The lowest BCUT2D eigenvalue weighted by Crippen LogP contribution is -2.07. The molecule has 0 rings (SSSR count). The molecule has 6 nitrogen and oxygen atoms in total. The maximum atomic E-state index is 9.68. The van der Waals surface area contributed by atoms with Gasteiger partial charge in [-0.05, 0) is 0 Å². The Bertz CT molecular complexity index is 98.3. The number of hydrogen-bond acceptors (Lipinski definition) is 4. The molecule has 0 atom stereocenters. The van der Waals surface area contributed by atoms with Crippen molar-refractivity contribution in [1.29, 1.82) is 0 Å². The molecule has 6 heteroatoms. The van der Waals surface area contributed by atoms with Crippen molar-refractivity contribution in [2.45, 2.75) is 0 Å². The minimum absolute atomic E-state index is 0.546. The van der Waals surface area contributed by atoms with Gasteiger partial charge in [0.15, 0.2) is 5.78 Å². The Labute approximate surface area is 56.3 Å². The quantitative estimate of drug-likeness (QED) is 0.393. The van der Waals surface area contributed by atoms with Gasteiger partial charge in [0, 0.05) is 0 Å². The molecule has 0 aliphatic heterocycles. The van der Waals surface area contributed by atoms with Crippen molar-refractivity contribution in [2.75, 3.05) is 13.2 Å². The Balaban J connectivity index is 0. The minimum atomic E-state index is -1.83. The molecule has 0 aliphatic carbocycles. The first kappa shape index (κ1) is 11.6. The zero-order valence-corrected chi connectivity index (χ0v) is 5.02. The normalized spacial score (nSPS) is 7.40. The summed E-state index contributed by atoms with van der Waals surface area (Å²) in [7, 11) is 0. The van der Waals surface area contributed by atoms with E-state index in [0.717, 1.165) is 0 Å². The average Bonchev–Trinajstić information content (AvgIpc) is 1.85. The van der Waals surface area contributed by atoms with Gasteiger partial charge in [0.05, 0.1) is 0 Å². The fourth-order valence-electron chi connectivity index (χ4n) is 0.0500. The van der Waals surface area contributed by atoms with Crippen molar-refractivity contribution < 1.29 is 30.0 Å². The zero-order valence-electron chi connectivity index (χ0n) is 5.02. The Kier molecular flexibility index (Phi) is 9.14. The van der Waals surface area contributed by atoms with Crippen molar-refractivity contribution in [3.8, 4) is 0 Å². The summed E-state index contributed by atoms with van der Waals surface area (Å²) in [6, 6.07) is 0. The van der Waals surface area contributed by atoms with Crippen LogP contribution in [0.2, 0.25) is 0 Å². The summed E-state index contributed by atoms with van der Waals surface area (Å²) >= 11 is 0. The van der Waals surface area contributed by atoms with E-state index in [4.69, 9.17) is 25.2 Å². The topological polar surface area (TPSA) is 115 Å². The van der Waals surface area contributed by atoms with Gasteiger partial charge < -0.3 is 20.4 Å². The molecule has 0 saturated carbocycles.